The second-order valence-corrected chi connectivity index (χ2v) is 12.5. The van der Waals surface area contributed by atoms with Crippen LogP contribution in [0.4, 0.5) is 13.2 Å². The Kier molecular flexibility index (Phi) is 7.66. The van der Waals surface area contributed by atoms with Gasteiger partial charge in [0.05, 0.1) is 5.92 Å². The highest BCUT2D eigenvalue weighted by atomic mass is 32.2. The number of halogens is 3. The quantitative estimate of drug-likeness (QED) is 0.200. The van der Waals surface area contributed by atoms with Gasteiger partial charge in [-0.15, -0.1) is 0 Å². The van der Waals surface area contributed by atoms with Gasteiger partial charge < -0.3 is 18.2 Å². The Hall–Kier alpha value is -3.59. The summed E-state index contributed by atoms with van der Waals surface area (Å²) in [7, 11) is -10.9. The minimum Gasteiger partial charge on any atom is -0.481 e. The molecular weight excluding hydrogens is 581 g/mol. The van der Waals surface area contributed by atoms with Crippen LogP contribution in [0.15, 0.2) is 40.8 Å². The lowest BCUT2D eigenvalue weighted by atomic mass is 9.95. The fourth-order valence-corrected chi connectivity index (χ4v) is 5.99. The first-order valence-corrected chi connectivity index (χ1v) is 14.6. The van der Waals surface area contributed by atoms with E-state index in [2.05, 4.69) is 4.18 Å². The number of carboxylic acids is 1. The summed E-state index contributed by atoms with van der Waals surface area (Å²) in [6.45, 7) is 2.41. The molecule has 216 valence electrons. The number of aryl methyl sites for hydroxylation is 1. The number of ether oxygens (including phenoxy) is 1. The summed E-state index contributed by atoms with van der Waals surface area (Å²) in [5.41, 5.74) is -5.68. The van der Waals surface area contributed by atoms with Crippen molar-refractivity contribution in [2.75, 3.05) is 0 Å². The van der Waals surface area contributed by atoms with Gasteiger partial charge >= 0.3 is 37.7 Å². The molecule has 0 bridgehead atoms. The number of carbonyl (C=O) groups is 2. The molecule has 10 nitrogen and oxygen atoms in total. The molecule has 0 spiro atoms. The molecule has 0 saturated heterocycles. The highest BCUT2D eigenvalue weighted by Crippen LogP contribution is 2.46. The van der Waals surface area contributed by atoms with Crippen LogP contribution in [-0.4, -0.2) is 39.4 Å². The zero-order chi connectivity index (χ0) is 29.6. The van der Waals surface area contributed by atoms with Gasteiger partial charge in [-0.05, 0) is 51.7 Å². The fraction of sp³-hybridized carbons (Fsp3) is 0.360. The molecule has 2 aromatic carbocycles. The van der Waals surface area contributed by atoms with Crippen molar-refractivity contribution in [1.82, 2.24) is 0 Å². The summed E-state index contributed by atoms with van der Waals surface area (Å²) in [5, 5.41) is 9.27. The van der Waals surface area contributed by atoms with Gasteiger partial charge in [-0.3, -0.25) is 4.79 Å². The Bertz CT molecular complexity index is 1620. The van der Waals surface area contributed by atoms with E-state index < -0.39 is 79.3 Å². The number of aliphatic carboxylic acids is 1. The minimum atomic E-state index is -6.23. The number of fused-ring (bicyclic) bond motifs is 1. The maximum atomic E-state index is 13.3. The molecule has 2 aromatic rings. The van der Waals surface area contributed by atoms with Gasteiger partial charge in [0.25, 0.3) is 0 Å². The van der Waals surface area contributed by atoms with Crippen LogP contribution < -0.4 is 8.37 Å². The van der Waals surface area contributed by atoms with E-state index in [1.807, 2.05) is 0 Å². The molecule has 0 radical (unpaired) electrons. The van der Waals surface area contributed by atoms with Crippen molar-refractivity contribution < 1.29 is 57.8 Å². The van der Waals surface area contributed by atoms with Gasteiger partial charge in [0.1, 0.15) is 17.1 Å². The molecule has 40 heavy (non-hydrogen) atoms. The lowest BCUT2D eigenvalue weighted by molar-refractivity contribution is -0.141. The number of benzene rings is 2. The van der Waals surface area contributed by atoms with Crippen molar-refractivity contribution in [2.45, 2.75) is 56.5 Å². The van der Waals surface area contributed by atoms with E-state index in [0.29, 0.717) is 18.4 Å². The number of cyclic esters (lactones) is 1. The maximum absolute atomic E-state index is 13.3. The Morgan fingerprint density at radius 3 is 2.33 bits per heavy atom. The zero-order valence-corrected chi connectivity index (χ0v) is 22.7. The second kappa shape index (κ2) is 10.4. The van der Waals surface area contributed by atoms with Crippen molar-refractivity contribution in [2.24, 2.45) is 5.92 Å². The second-order valence-electron chi connectivity index (χ2n) is 9.37. The molecule has 1 unspecified atom stereocenters. The van der Waals surface area contributed by atoms with Gasteiger partial charge in [0.2, 0.25) is 0 Å². The SMILES string of the molecule is Cc1ccc(S(=O)(=O)Oc2c(CC=C3CCC(C(=O)O)C3)c(OS(=O)(=O)C(F)(F)F)c(C)c3c2C(=O)OC3)cc1. The van der Waals surface area contributed by atoms with Crippen molar-refractivity contribution in [3.63, 3.8) is 0 Å². The fourth-order valence-electron chi connectivity index (χ4n) is 4.48. The Morgan fingerprint density at radius 1 is 1.10 bits per heavy atom. The lowest BCUT2D eigenvalue weighted by Gasteiger charge is -2.20. The maximum Gasteiger partial charge on any atom is 0.534 e. The summed E-state index contributed by atoms with van der Waals surface area (Å²) in [6, 6.07) is 5.38. The summed E-state index contributed by atoms with van der Waals surface area (Å²) < 4.78 is 105. The molecule has 0 aromatic heterocycles. The highest BCUT2D eigenvalue weighted by molar-refractivity contribution is 7.88. The van der Waals surface area contributed by atoms with Gasteiger partial charge in [-0.1, -0.05) is 29.3 Å². The lowest BCUT2D eigenvalue weighted by Crippen LogP contribution is -2.29. The number of hydrogen-bond donors (Lipinski definition) is 1. The average molecular weight is 605 g/mol. The molecule has 1 fully saturated rings. The first-order valence-electron chi connectivity index (χ1n) is 11.8. The minimum absolute atomic E-state index is 0.102. The largest absolute Gasteiger partial charge is 0.534 e. The Balaban J connectivity index is 1.92. The summed E-state index contributed by atoms with van der Waals surface area (Å²) in [5.74, 6) is -4.36. The van der Waals surface area contributed by atoms with Gasteiger partial charge in [-0.2, -0.15) is 30.0 Å². The predicted octanol–water partition coefficient (Wildman–Crippen LogP) is 4.32. The predicted molar refractivity (Wildman–Crippen MR) is 132 cm³/mol. The molecule has 1 heterocycles. The van der Waals surface area contributed by atoms with E-state index in [4.69, 9.17) is 8.92 Å². The van der Waals surface area contributed by atoms with E-state index in [9.17, 15) is 44.7 Å². The number of hydrogen-bond acceptors (Lipinski definition) is 9. The third kappa shape index (κ3) is 5.66. The number of carboxylic acid groups (broad SMARTS) is 1. The van der Waals surface area contributed by atoms with Crippen LogP contribution in [0.1, 0.15) is 51.9 Å². The van der Waals surface area contributed by atoms with E-state index in [1.54, 1.807) is 6.92 Å². The van der Waals surface area contributed by atoms with Gasteiger partial charge in [0.15, 0.2) is 11.5 Å². The highest BCUT2D eigenvalue weighted by Gasteiger charge is 2.50. The number of allylic oxidation sites excluding steroid dienone is 2. The smallest absolute Gasteiger partial charge is 0.481 e. The van der Waals surface area contributed by atoms with Crippen LogP contribution in [0.25, 0.3) is 0 Å². The number of carbonyl (C=O) groups excluding carboxylic acids is 1. The molecule has 15 heteroatoms. The molecule has 0 amide bonds. The monoisotopic (exact) mass is 604 g/mol. The van der Waals surface area contributed by atoms with E-state index in [-0.39, 0.29) is 22.4 Å². The van der Waals surface area contributed by atoms with Crippen molar-refractivity contribution >= 4 is 32.2 Å². The molecule has 2 aliphatic rings. The summed E-state index contributed by atoms with van der Waals surface area (Å²) in [4.78, 5) is 23.7. The van der Waals surface area contributed by atoms with Crippen LogP contribution >= 0.6 is 0 Å². The van der Waals surface area contributed by atoms with Crippen LogP contribution in [0, 0.1) is 19.8 Å². The third-order valence-electron chi connectivity index (χ3n) is 6.67. The van der Waals surface area contributed by atoms with Crippen molar-refractivity contribution in [3.05, 3.63) is 63.7 Å². The standard InChI is InChI=1S/C25H23F3O10S2/c1-13-3-8-17(9-4-13)39(32,33)37-22-18(10-6-15-5-7-16(11-15)23(29)30)21(38-40(34,35)25(26,27)28)14(2)19-12-36-24(31)20(19)22/h3-4,6,8-9,16H,5,7,10-12H2,1-2H3,(H,29,30). The third-order valence-corrected chi connectivity index (χ3v) is 8.86. The van der Waals surface area contributed by atoms with Crippen LogP contribution in [-0.2, 0) is 42.8 Å². The molecule has 1 saturated carbocycles. The van der Waals surface area contributed by atoms with E-state index >= 15 is 0 Å². The number of alkyl halides is 3. The topological polar surface area (TPSA) is 150 Å². The molecule has 1 atom stereocenters. The Morgan fingerprint density at radius 2 is 1.75 bits per heavy atom. The molecule has 1 aliphatic heterocycles. The summed E-state index contributed by atoms with van der Waals surface area (Å²) in [6.07, 6.45) is 1.75. The van der Waals surface area contributed by atoms with Crippen LogP contribution in [0.5, 0.6) is 11.5 Å². The summed E-state index contributed by atoms with van der Waals surface area (Å²) >= 11 is 0. The first-order chi connectivity index (χ1) is 18.5. The van der Waals surface area contributed by atoms with Crippen LogP contribution in [0.2, 0.25) is 0 Å². The van der Waals surface area contributed by atoms with Gasteiger partial charge in [0, 0.05) is 16.7 Å². The van der Waals surface area contributed by atoms with Crippen molar-refractivity contribution in [1.29, 1.82) is 0 Å². The van der Waals surface area contributed by atoms with Crippen molar-refractivity contribution in [3.8, 4) is 11.5 Å². The number of rotatable bonds is 8. The first kappa shape index (κ1) is 29.4. The molecule has 1 aliphatic carbocycles. The normalized spacial score (nSPS) is 18.5. The molecular formula is C25H23F3O10S2. The molecule has 4 rings (SSSR count). The zero-order valence-electron chi connectivity index (χ0n) is 21.1. The number of esters is 1. The van der Waals surface area contributed by atoms with Gasteiger partial charge in [-0.25, -0.2) is 4.79 Å². The van der Waals surface area contributed by atoms with E-state index in [1.165, 1.54) is 37.3 Å². The Labute approximate surface area is 227 Å². The average Bonchev–Trinajstić information content (AvgIpc) is 3.48. The van der Waals surface area contributed by atoms with Crippen LogP contribution in [0.3, 0.4) is 0 Å². The van der Waals surface area contributed by atoms with E-state index in [0.717, 1.165) is 5.56 Å². The molecule has 1 N–H and O–H groups in total.